The number of nitrogens with zero attached hydrogens (tertiary/aromatic N) is 1. The molecule has 0 aliphatic carbocycles. The Kier molecular flexibility index (Phi) is 5.79. The molecule has 152 valence electrons. The van der Waals surface area contributed by atoms with Gasteiger partial charge in [0, 0.05) is 11.4 Å². The number of rotatable bonds is 4. The van der Waals surface area contributed by atoms with E-state index in [0.717, 1.165) is 22.4 Å². The van der Waals surface area contributed by atoms with Crippen molar-refractivity contribution in [2.75, 3.05) is 19.1 Å². The molecular weight excluding hydrogens is 388 g/mol. The highest BCUT2D eigenvalue weighted by atomic mass is 32.1. The Labute approximate surface area is 175 Å². The van der Waals surface area contributed by atoms with Gasteiger partial charge in [0.05, 0.1) is 25.8 Å². The first-order chi connectivity index (χ1) is 13.8. The van der Waals surface area contributed by atoms with Gasteiger partial charge in [-0.15, -0.1) is 0 Å². The van der Waals surface area contributed by atoms with E-state index in [0.29, 0.717) is 22.1 Å². The summed E-state index contributed by atoms with van der Waals surface area (Å²) >= 11 is 5.66. The molecule has 1 aliphatic rings. The molecule has 0 amide bonds. The van der Waals surface area contributed by atoms with Crippen molar-refractivity contribution in [3.05, 3.63) is 64.4 Å². The van der Waals surface area contributed by atoms with E-state index < -0.39 is 12.0 Å². The third kappa shape index (κ3) is 3.91. The molecule has 0 fully saturated rings. The lowest BCUT2D eigenvalue weighted by atomic mass is 9.94. The summed E-state index contributed by atoms with van der Waals surface area (Å²) in [5.74, 6) is -0.121. The van der Waals surface area contributed by atoms with Crippen LogP contribution in [0.3, 0.4) is 0 Å². The second-order valence-corrected chi connectivity index (χ2v) is 7.37. The summed E-state index contributed by atoms with van der Waals surface area (Å²) in [6.07, 6.45) is 0. The van der Waals surface area contributed by atoms with E-state index in [4.69, 9.17) is 21.7 Å². The third-order valence-electron chi connectivity index (χ3n) is 4.89. The smallest absolute Gasteiger partial charge is 0.337 e. The lowest BCUT2D eigenvalue weighted by Gasteiger charge is -2.37. The molecule has 0 aromatic heterocycles. The zero-order valence-electron chi connectivity index (χ0n) is 17.1. The molecule has 7 heteroatoms. The molecular formula is C22H24N2O4S. The van der Waals surface area contributed by atoms with Gasteiger partial charge in [0.15, 0.2) is 16.6 Å². The molecule has 1 aliphatic heterocycles. The van der Waals surface area contributed by atoms with Crippen molar-refractivity contribution in [2.45, 2.75) is 26.8 Å². The molecule has 1 atom stereocenters. The molecule has 1 heterocycles. The zero-order chi connectivity index (χ0) is 21.3. The highest BCUT2D eigenvalue weighted by Crippen LogP contribution is 2.37. The fourth-order valence-corrected chi connectivity index (χ4v) is 3.99. The van der Waals surface area contributed by atoms with E-state index in [1.807, 2.05) is 37.8 Å². The predicted octanol–water partition coefficient (Wildman–Crippen LogP) is 3.90. The van der Waals surface area contributed by atoms with Crippen LogP contribution in [0.2, 0.25) is 0 Å². The normalized spacial score (nSPS) is 16.5. The maximum absolute atomic E-state index is 12.7. The Morgan fingerprint density at radius 2 is 1.76 bits per heavy atom. The molecule has 2 N–H and O–H groups in total. The number of thiocarbonyl (C=S) groups is 1. The third-order valence-corrected chi connectivity index (χ3v) is 5.19. The number of esters is 1. The highest BCUT2D eigenvalue weighted by Gasteiger charge is 2.35. The minimum absolute atomic E-state index is 0.0202. The lowest BCUT2D eigenvalue weighted by Crippen LogP contribution is -2.48. The van der Waals surface area contributed by atoms with Crippen LogP contribution in [-0.2, 0) is 9.53 Å². The van der Waals surface area contributed by atoms with Crippen molar-refractivity contribution in [3.63, 3.8) is 0 Å². The number of anilines is 1. The number of aromatic hydroxyl groups is 1. The van der Waals surface area contributed by atoms with Crippen LogP contribution in [0.15, 0.2) is 47.7 Å². The quantitative estimate of drug-likeness (QED) is 0.583. The van der Waals surface area contributed by atoms with Crippen LogP contribution in [0, 0.1) is 13.8 Å². The minimum Gasteiger partial charge on any atom is -0.504 e. The Balaban J connectivity index is 2.17. The van der Waals surface area contributed by atoms with Gasteiger partial charge in [-0.2, -0.15) is 0 Å². The summed E-state index contributed by atoms with van der Waals surface area (Å²) in [7, 11) is 2.83. The number of ether oxygens (including phenoxy) is 2. The Morgan fingerprint density at radius 3 is 2.34 bits per heavy atom. The van der Waals surface area contributed by atoms with Crippen molar-refractivity contribution < 1.29 is 19.4 Å². The van der Waals surface area contributed by atoms with Gasteiger partial charge in [-0.3, -0.25) is 4.90 Å². The van der Waals surface area contributed by atoms with Crippen molar-refractivity contribution in [2.24, 2.45) is 0 Å². The van der Waals surface area contributed by atoms with Crippen LogP contribution in [-0.4, -0.2) is 30.4 Å². The molecule has 6 nitrogen and oxygen atoms in total. The monoisotopic (exact) mass is 412 g/mol. The molecule has 0 bridgehead atoms. The maximum atomic E-state index is 12.7. The number of carbonyl (C=O) groups excluding carboxylic acids is 1. The number of methoxy groups -OCH3 is 2. The molecule has 0 saturated carbocycles. The van der Waals surface area contributed by atoms with Crippen molar-refractivity contribution >= 4 is 29.0 Å². The van der Waals surface area contributed by atoms with Gasteiger partial charge in [0.2, 0.25) is 0 Å². The number of hydrogen-bond donors (Lipinski definition) is 2. The van der Waals surface area contributed by atoms with Gasteiger partial charge in [0.1, 0.15) is 0 Å². The summed E-state index contributed by atoms with van der Waals surface area (Å²) in [6, 6.07) is 10.5. The van der Waals surface area contributed by atoms with E-state index in [-0.39, 0.29) is 5.75 Å². The number of aryl methyl sites for hydroxylation is 2. The standard InChI is InChI=1S/C22H24N2O4S/c1-12-8-13(2)10-16(9-12)24-14(3)19(21(26)28-5)20(23-22(24)29)15-6-7-17(25)18(11-15)27-4/h6-11,20,25H,1-5H3,(H,23,29)/t20-/m0/s1. The second kappa shape index (κ2) is 8.13. The van der Waals surface area contributed by atoms with Crippen LogP contribution >= 0.6 is 12.2 Å². The Bertz CT molecular complexity index is 996. The molecule has 0 unspecified atom stereocenters. The average molecular weight is 413 g/mol. The largest absolute Gasteiger partial charge is 0.504 e. The van der Waals surface area contributed by atoms with Gasteiger partial charge >= 0.3 is 5.97 Å². The van der Waals surface area contributed by atoms with Crippen molar-refractivity contribution in [1.82, 2.24) is 5.32 Å². The van der Waals surface area contributed by atoms with Crippen LogP contribution in [0.4, 0.5) is 5.69 Å². The van der Waals surface area contributed by atoms with Crippen LogP contribution < -0.4 is 15.0 Å². The lowest BCUT2D eigenvalue weighted by molar-refractivity contribution is -0.136. The van der Waals surface area contributed by atoms with Crippen molar-refractivity contribution in [3.8, 4) is 11.5 Å². The van der Waals surface area contributed by atoms with E-state index in [1.165, 1.54) is 20.3 Å². The predicted molar refractivity (Wildman–Crippen MR) is 116 cm³/mol. The number of nitrogens with one attached hydrogen (secondary N) is 1. The SMILES string of the molecule is COC(=O)C1=C(C)N(c2cc(C)cc(C)c2)C(=S)N[C@H]1c1ccc(O)c(OC)c1. The van der Waals surface area contributed by atoms with E-state index >= 15 is 0 Å². The maximum Gasteiger partial charge on any atom is 0.337 e. The van der Waals surface area contributed by atoms with Gasteiger partial charge in [-0.05, 0) is 73.9 Å². The molecule has 0 radical (unpaired) electrons. The van der Waals surface area contributed by atoms with Crippen LogP contribution in [0.25, 0.3) is 0 Å². The first kappa shape index (κ1) is 20.7. The summed E-state index contributed by atoms with van der Waals surface area (Å²) in [6.45, 7) is 5.88. The molecule has 29 heavy (non-hydrogen) atoms. The van der Waals surface area contributed by atoms with Gasteiger partial charge < -0.3 is 19.9 Å². The first-order valence-electron chi connectivity index (χ1n) is 9.11. The fourth-order valence-electron chi connectivity index (χ4n) is 3.63. The van der Waals surface area contributed by atoms with E-state index in [2.05, 4.69) is 11.4 Å². The molecule has 0 spiro atoms. The summed E-state index contributed by atoms with van der Waals surface area (Å²) in [5.41, 5.74) is 4.92. The summed E-state index contributed by atoms with van der Waals surface area (Å²) in [5, 5.41) is 13.6. The minimum atomic E-state index is -0.536. The van der Waals surface area contributed by atoms with Gasteiger partial charge in [-0.25, -0.2) is 4.79 Å². The van der Waals surface area contributed by atoms with Gasteiger partial charge in [0.25, 0.3) is 0 Å². The topological polar surface area (TPSA) is 71.0 Å². The summed E-state index contributed by atoms with van der Waals surface area (Å²) < 4.78 is 10.3. The van der Waals surface area contributed by atoms with E-state index in [1.54, 1.807) is 12.1 Å². The summed E-state index contributed by atoms with van der Waals surface area (Å²) in [4.78, 5) is 14.6. The highest BCUT2D eigenvalue weighted by molar-refractivity contribution is 7.80. The van der Waals surface area contributed by atoms with Gasteiger partial charge in [-0.1, -0.05) is 12.1 Å². The number of phenolic OH excluding ortho intramolecular Hbond substituents is 1. The number of hydrogen-bond acceptors (Lipinski definition) is 5. The molecule has 3 rings (SSSR count). The molecule has 2 aromatic rings. The number of phenols is 1. The number of carbonyl (C=O) groups is 1. The van der Waals surface area contributed by atoms with Crippen molar-refractivity contribution in [1.29, 1.82) is 0 Å². The second-order valence-electron chi connectivity index (χ2n) is 6.99. The van der Waals surface area contributed by atoms with Crippen LogP contribution in [0.5, 0.6) is 11.5 Å². The Morgan fingerprint density at radius 1 is 1.10 bits per heavy atom. The Hall–Kier alpha value is -3.06. The van der Waals surface area contributed by atoms with E-state index in [9.17, 15) is 9.90 Å². The van der Waals surface area contributed by atoms with Crippen LogP contribution in [0.1, 0.15) is 29.7 Å². The molecule has 2 aromatic carbocycles. The first-order valence-corrected chi connectivity index (χ1v) is 9.52. The average Bonchev–Trinajstić information content (AvgIpc) is 2.66. The molecule has 0 saturated heterocycles. The zero-order valence-corrected chi connectivity index (χ0v) is 17.9. The number of allylic oxidation sites excluding steroid dienone is 1. The fraction of sp³-hybridized carbons (Fsp3) is 0.273. The number of benzene rings is 2.